The van der Waals surface area contributed by atoms with Crippen molar-refractivity contribution in [1.82, 2.24) is 9.29 Å². The van der Waals surface area contributed by atoms with Crippen molar-refractivity contribution >= 4 is 16.0 Å². The number of hydrogen-bond donors (Lipinski definition) is 1. The molecule has 0 aliphatic carbocycles. The van der Waals surface area contributed by atoms with Crippen LogP contribution in [0.15, 0.2) is 53.4 Å². The third-order valence-electron chi connectivity index (χ3n) is 5.60. The number of aromatic amines is 1. The lowest BCUT2D eigenvalue weighted by molar-refractivity contribution is 0.0519. The number of H-pyrrole nitrogens is 1. The number of carbonyl (C=O) groups excluding carboxylic acids is 1. The van der Waals surface area contributed by atoms with Gasteiger partial charge in [-0.05, 0) is 67.8 Å². The van der Waals surface area contributed by atoms with Crippen molar-refractivity contribution in [2.75, 3.05) is 13.7 Å². The SMILES string of the molecule is CCOC(=O)c1[nH]c(CN(Cc2ccc(OC)cc2)S(=O)(=O)c2cccc(C#N)c2)c(C)c1C. The van der Waals surface area contributed by atoms with Gasteiger partial charge < -0.3 is 14.5 Å². The highest BCUT2D eigenvalue weighted by Crippen LogP contribution is 2.26. The zero-order valence-corrected chi connectivity index (χ0v) is 20.4. The normalized spacial score (nSPS) is 11.3. The van der Waals surface area contributed by atoms with E-state index in [4.69, 9.17) is 9.47 Å². The predicted molar refractivity (Wildman–Crippen MR) is 127 cm³/mol. The van der Waals surface area contributed by atoms with E-state index in [1.165, 1.54) is 16.4 Å². The van der Waals surface area contributed by atoms with Crippen molar-refractivity contribution in [2.24, 2.45) is 0 Å². The van der Waals surface area contributed by atoms with Gasteiger partial charge in [0.2, 0.25) is 10.0 Å². The summed E-state index contributed by atoms with van der Waals surface area (Å²) in [5.74, 6) is 0.176. The number of sulfonamides is 1. The molecule has 0 amide bonds. The Morgan fingerprint density at radius 3 is 2.41 bits per heavy atom. The minimum Gasteiger partial charge on any atom is -0.497 e. The summed E-state index contributed by atoms with van der Waals surface area (Å²) in [6.07, 6.45) is 0. The highest BCUT2D eigenvalue weighted by molar-refractivity contribution is 7.89. The molecule has 0 saturated carbocycles. The van der Waals surface area contributed by atoms with Gasteiger partial charge in [-0.15, -0.1) is 0 Å². The van der Waals surface area contributed by atoms with Crippen LogP contribution >= 0.6 is 0 Å². The number of nitriles is 1. The number of esters is 1. The summed E-state index contributed by atoms with van der Waals surface area (Å²) in [6.45, 7) is 5.66. The molecule has 178 valence electrons. The van der Waals surface area contributed by atoms with Gasteiger partial charge >= 0.3 is 5.97 Å². The van der Waals surface area contributed by atoms with Crippen molar-refractivity contribution in [3.63, 3.8) is 0 Å². The molecular weight excluding hydrogens is 454 g/mol. The minimum atomic E-state index is -3.98. The summed E-state index contributed by atoms with van der Waals surface area (Å²) in [4.78, 5) is 15.4. The van der Waals surface area contributed by atoms with E-state index in [0.29, 0.717) is 22.7 Å². The quantitative estimate of drug-likeness (QED) is 0.461. The Kier molecular flexibility index (Phi) is 7.76. The molecule has 0 aliphatic heterocycles. The number of hydrogen-bond acceptors (Lipinski definition) is 6. The molecule has 1 aromatic heterocycles. The monoisotopic (exact) mass is 481 g/mol. The molecule has 0 fully saturated rings. The highest BCUT2D eigenvalue weighted by atomic mass is 32.2. The van der Waals surface area contributed by atoms with E-state index >= 15 is 0 Å². The summed E-state index contributed by atoms with van der Waals surface area (Å²) in [7, 11) is -2.42. The van der Waals surface area contributed by atoms with Crippen LogP contribution in [0, 0.1) is 25.2 Å². The number of rotatable bonds is 9. The van der Waals surface area contributed by atoms with Crippen LogP contribution in [-0.2, 0) is 27.8 Å². The van der Waals surface area contributed by atoms with Gasteiger partial charge in [-0.2, -0.15) is 9.57 Å². The van der Waals surface area contributed by atoms with Gasteiger partial charge in [0.15, 0.2) is 0 Å². The zero-order chi connectivity index (χ0) is 24.9. The molecule has 1 N–H and O–H groups in total. The first-order chi connectivity index (χ1) is 16.2. The molecule has 0 unspecified atom stereocenters. The molecular formula is C25H27N3O5S. The molecule has 1 heterocycles. The number of benzene rings is 2. The largest absolute Gasteiger partial charge is 0.497 e. The third-order valence-corrected chi connectivity index (χ3v) is 7.39. The van der Waals surface area contributed by atoms with Crippen LogP contribution in [0.4, 0.5) is 0 Å². The molecule has 0 aliphatic rings. The number of nitrogens with zero attached hydrogens (tertiary/aromatic N) is 2. The second-order valence-electron chi connectivity index (χ2n) is 7.71. The molecule has 9 heteroatoms. The van der Waals surface area contributed by atoms with Gasteiger partial charge in [-0.1, -0.05) is 18.2 Å². The fraction of sp³-hybridized carbons (Fsp3) is 0.280. The Morgan fingerprint density at radius 2 is 1.79 bits per heavy atom. The summed E-state index contributed by atoms with van der Waals surface area (Å²) in [5, 5.41) is 9.23. The number of ether oxygens (including phenoxy) is 2. The zero-order valence-electron chi connectivity index (χ0n) is 19.6. The Balaban J connectivity index is 2.04. The molecule has 3 aromatic rings. The van der Waals surface area contributed by atoms with Crippen LogP contribution in [-0.4, -0.2) is 37.4 Å². The van der Waals surface area contributed by atoms with Gasteiger partial charge in [0.05, 0.1) is 36.8 Å². The first kappa shape index (κ1) is 25.0. The van der Waals surface area contributed by atoms with Crippen LogP contribution < -0.4 is 4.74 Å². The van der Waals surface area contributed by atoms with Crippen molar-refractivity contribution in [3.05, 3.63) is 82.2 Å². The fourth-order valence-electron chi connectivity index (χ4n) is 3.53. The van der Waals surface area contributed by atoms with Crippen LogP contribution in [0.3, 0.4) is 0 Å². The van der Waals surface area contributed by atoms with Crippen LogP contribution in [0.2, 0.25) is 0 Å². The van der Waals surface area contributed by atoms with E-state index in [9.17, 15) is 18.5 Å². The lowest BCUT2D eigenvalue weighted by Crippen LogP contribution is -2.30. The van der Waals surface area contributed by atoms with Crippen molar-refractivity contribution in [1.29, 1.82) is 5.26 Å². The average molecular weight is 482 g/mol. The summed E-state index contributed by atoms with van der Waals surface area (Å²) < 4.78 is 38.9. The average Bonchev–Trinajstić information content (AvgIpc) is 3.13. The molecule has 34 heavy (non-hydrogen) atoms. The molecule has 8 nitrogen and oxygen atoms in total. The van der Waals surface area contributed by atoms with Gasteiger partial charge in [0, 0.05) is 12.2 Å². The Hall–Kier alpha value is -3.61. The highest BCUT2D eigenvalue weighted by Gasteiger charge is 2.28. The molecule has 0 bridgehead atoms. The maximum Gasteiger partial charge on any atom is 0.355 e. The van der Waals surface area contributed by atoms with Crippen molar-refractivity contribution in [3.8, 4) is 11.8 Å². The molecule has 2 aromatic carbocycles. The van der Waals surface area contributed by atoms with Crippen LogP contribution in [0.5, 0.6) is 5.75 Å². The number of aromatic nitrogens is 1. The lowest BCUT2D eigenvalue weighted by atomic mass is 10.1. The van der Waals surface area contributed by atoms with Crippen molar-refractivity contribution in [2.45, 2.75) is 38.8 Å². The molecule has 3 rings (SSSR count). The number of carbonyl (C=O) groups is 1. The van der Waals surface area contributed by atoms with Crippen molar-refractivity contribution < 1.29 is 22.7 Å². The van der Waals surface area contributed by atoms with Crippen LogP contribution in [0.1, 0.15) is 45.4 Å². The van der Waals surface area contributed by atoms with Gasteiger partial charge in [0.1, 0.15) is 11.4 Å². The minimum absolute atomic E-state index is 0.00276. The fourth-order valence-corrected chi connectivity index (χ4v) is 4.97. The van der Waals surface area contributed by atoms with E-state index in [-0.39, 0.29) is 30.2 Å². The lowest BCUT2D eigenvalue weighted by Gasteiger charge is -2.23. The third kappa shape index (κ3) is 5.30. The van der Waals surface area contributed by atoms with Crippen LogP contribution in [0.25, 0.3) is 0 Å². The smallest absolute Gasteiger partial charge is 0.355 e. The van der Waals surface area contributed by atoms with E-state index in [1.807, 2.05) is 13.0 Å². The van der Waals surface area contributed by atoms with E-state index in [1.54, 1.807) is 57.4 Å². The first-order valence-electron chi connectivity index (χ1n) is 10.7. The molecule has 0 radical (unpaired) electrons. The van der Waals surface area contributed by atoms with Gasteiger partial charge in [-0.3, -0.25) is 0 Å². The van der Waals surface area contributed by atoms with Gasteiger partial charge in [0.25, 0.3) is 0 Å². The number of methoxy groups -OCH3 is 1. The van der Waals surface area contributed by atoms with E-state index in [2.05, 4.69) is 4.98 Å². The second kappa shape index (κ2) is 10.5. The molecule has 0 atom stereocenters. The molecule has 0 spiro atoms. The summed E-state index contributed by atoms with van der Waals surface area (Å²) in [5.41, 5.74) is 3.40. The second-order valence-corrected chi connectivity index (χ2v) is 9.65. The topological polar surface area (TPSA) is 112 Å². The standard InChI is InChI=1S/C25H27N3O5S/c1-5-33-25(29)24-18(3)17(2)23(27-24)16-28(15-19-9-11-21(32-4)12-10-19)34(30,31)22-8-6-7-20(13-22)14-26/h6-13,27H,5,15-16H2,1-4H3. The Morgan fingerprint density at radius 1 is 1.09 bits per heavy atom. The Labute approximate surface area is 199 Å². The van der Waals surface area contributed by atoms with E-state index < -0.39 is 16.0 Å². The maximum atomic E-state index is 13.7. The predicted octanol–water partition coefficient (Wildman–Crippen LogP) is 4.08. The number of nitrogens with one attached hydrogen (secondary N) is 1. The van der Waals surface area contributed by atoms with E-state index in [0.717, 1.165) is 11.1 Å². The summed E-state index contributed by atoms with van der Waals surface area (Å²) in [6, 6.07) is 15.0. The first-order valence-corrected chi connectivity index (χ1v) is 12.1. The maximum absolute atomic E-state index is 13.7. The summed E-state index contributed by atoms with van der Waals surface area (Å²) >= 11 is 0. The molecule has 0 saturated heterocycles. The Bertz CT molecular complexity index is 1320. The van der Waals surface area contributed by atoms with Gasteiger partial charge in [-0.25, -0.2) is 13.2 Å².